The number of hydrogen-bond acceptors (Lipinski definition) is 2. The van der Waals surface area contributed by atoms with E-state index in [4.69, 9.17) is 4.74 Å². The van der Waals surface area contributed by atoms with E-state index >= 15 is 0 Å². The first-order valence-electron chi connectivity index (χ1n) is 8.22. The number of methoxy groups -OCH3 is 1. The van der Waals surface area contributed by atoms with Gasteiger partial charge in [0.1, 0.15) is 0 Å². The van der Waals surface area contributed by atoms with E-state index in [1.807, 2.05) is 0 Å². The molecule has 1 rings (SSSR count). The van der Waals surface area contributed by atoms with Gasteiger partial charge in [-0.3, -0.25) is 0 Å². The Morgan fingerprint density at radius 1 is 1.14 bits per heavy atom. The topological polar surface area (TPSA) is 21.3 Å². The van der Waals surface area contributed by atoms with E-state index in [-0.39, 0.29) is 5.41 Å². The Balaban J connectivity index is 2.68. The molecule has 0 spiro atoms. The van der Waals surface area contributed by atoms with Crippen LogP contribution in [0.4, 0.5) is 0 Å². The Morgan fingerprint density at radius 2 is 1.76 bits per heavy atom. The second-order valence-electron chi connectivity index (χ2n) is 7.08. The maximum absolute atomic E-state index is 5.42. The minimum absolute atomic E-state index is 0.225. The molecule has 0 saturated heterocycles. The van der Waals surface area contributed by atoms with Crippen LogP contribution in [0.25, 0.3) is 0 Å². The maximum atomic E-state index is 5.42. The molecule has 0 heterocycles. The van der Waals surface area contributed by atoms with Crippen molar-refractivity contribution in [3.8, 4) is 0 Å². The van der Waals surface area contributed by atoms with Gasteiger partial charge in [-0.2, -0.15) is 0 Å². The molecule has 0 saturated carbocycles. The molecule has 0 aliphatic heterocycles. The Hall–Kier alpha value is -0.860. The molecule has 0 aliphatic carbocycles. The van der Waals surface area contributed by atoms with Crippen molar-refractivity contribution in [1.29, 1.82) is 0 Å². The molecular formula is C19H33NO. The summed E-state index contributed by atoms with van der Waals surface area (Å²) >= 11 is 0. The second-order valence-corrected chi connectivity index (χ2v) is 7.08. The van der Waals surface area contributed by atoms with E-state index in [2.05, 4.69) is 64.2 Å². The molecule has 21 heavy (non-hydrogen) atoms. The molecule has 0 aliphatic rings. The Bertz CT molecular complexity index is 391. The highest BCUT2D eigenvalue weighted by Gasteiger charge is 2.15. The number of rotatable bonds is 8. The summed E-state index contributed by atoms with van der Waals surface area (Å²) in [5, 5.41) is 3.65. The van der Waals surface area contributed by atoms with Crippen molar-refractivity contribution >= 4 is 0 Å². The van der Waals surface area contributed by atoms with Gasteiger partial charge in [-0.15, -0.1) is 0 Å². The highest BCUT2D eigenvalue weighted by molar-refractivity contribution is 5.28. The summed E-state index contributed by atoms with van der Waals surface area (Å²) < 4.78 is 5.42. The summed E-state index contributed by atoms with van der Waals surface area (Å²) in [4.78, 5) is 0. The monoisotopic (exact) mass is 291 g/mol. The predicted octanol–water partition coefficient (Wildman–Crippen LogP) is 4.32. The molecule has 0 bridgehead atoms. The zero-order chi connectivity index (χ0) is 15.9. The first-order chi connectivity index (χ1) is 9.86. The Labute approximate surface area is 131 Å². The van der Waals surface area contributed by atoms with E-state index in [9.17, 15) is 0 Å². The van der Waals surface area contributed by atoms with Gasteiger partial charge in [0.05, 0.1) is 6.10 Å². The van der Waals surface area contributed by atoms with E-state index in [0.29, 0.717) is 12.1 Å². The van der Waals surface area contributed by atoms with Crippen molar-refractivity contribution in [2.24, 2.45) is 0 Å². The summed E-state index contributed by atoms with van der Waals surface area (Å²) in [7, 11) is 1.79. The molecule has 1 aromatic carbocycles. The molecule has 2 atom stereocenters. The quantitative estimate of drug-likeness (QED) is 0.770. The average Bonchev–Trinajstić information content (AvgIpc) is 2.44. The summed E-state index contributed by atoms with van der Waals surface area (Å²) in [5.74, 6) is 0. The van der Waals surface area contributed by atoms with Gasteiger partial charge >= 0.3 is 0 Å². The van der Waals surface area contributed by atoms with E-state index < -0.39 is 0 Å². The van der Waals surface area contributed by atoms with Crippen LogP contribution in [0.2, 0.25) is 0 Å². The lowest BCUT2D eigenvalue weighted by Gasteiger charge is -2.23. The van der Waals surface area contributed by atoms with Gasteiger partial charge in [0, 0.05) is 13.2 Å². The molecule has 1 N–H and O–H groups in total. The summed E-state index contributed by atoms with van der Waals surface area (Å²) in [5.41, 5.74) is 3.03. The van der Waals surface area contributed by atoms with Gasteiger partial charge in [0.2, 0.25) is 0 Å². The lowest BCUT2D eigenvalue weighted by molar-refractivity contribution is 0.100. The lowest BCUT2D eigenvalue weighted by atomic mass is 9.86. The van der Waals surface area contributed by atoms with Gasteiger partial charge in [-0.05, 0) is 49.3 Å². The van der Waals surface area contributed by atoms with Crippen molar-refractivity contribution < 1.29 is 4.74 Å². The summed E-state index contributed by atoms with van der Waals surface area (Å²) in [6.45, 7) is 12.2. The van der Waals surface area contributed by atoms with Gasteiger partial charge in [0.25, 0.3) is 0 Å². The molecule has 2 unspecified atom stereocenters. The van der Waals surface area contributed by atoms with Crippen LogP contribution in [-0.2, 0) is 16.6 Å². The van der Waals surface area contributed by atoms with Gasteiger partial charge in [-0.1, -0.05) is 52.0 Å². The third kappa shape index (κ3) is 6.62. The molecular weight excluding hydrogens is 258 g/mol. The average molecular weight is 291 g/mol. The van der Waals surface area contributed by atoms with Crippen molar-refractivity contribution in [2.75, 3.05) is 13.7 Å². The normalized spacial score (nSPS) is 15.0. The van der Waals surface area contributed by atoms with Crippen LogP contribution in [0.1, 0.15) is 58.6 Å². The van der Waals surface area contributed by atoms with E-state index in [1.165, 1.54) is 17.5 Å². The van der Waals surface area contributed by atoms with Gasteiger partial charge in [0.15, 0.2) is 0 Å². The highest BCUT2D eigenvalue weighted by Crippen LogP contribution is 2.22. The Morgan fingerprint density at radius 3 is 2.24 bits per heavy atom. The van der Waals surface area contributed by atoms with E-state index in [1.54, 1.807) is 7.11 Å². The zero-order valence-corrected chi connectivity index (χ0v) is 14.7. The van der Waals surface area contributed by atoms with E-state index in [0.717, 1.165) is 19.4 Å². The first kappa shape index (κ1) is 18.2. The van der Waals surface area contributed by atoms with Crippen molar-refractivity contribution in [1.82, 2.24) is 5.32 Å². The third-order valence-electron chi connectivity index (χ3n) is 4.00. The smallest absolute Gasteiger partial charge is 0.0558 e. The maximum Gasteiger partial charge on any atom is 0.0558 e. The number of nitrogens with one attached hydrogen (secondary N) is 1. The van der Waals surface area contributed by atoms with Gasteiger partial charge in [-0.25, -0.2) is 0 Å². The fraction of sp³-hybridized carbons (Fsp3) is 0.684. The molecule has 0 aromatic heterocycles. The van der Waals surface area contributed by atoms with Gasteiger partial charge < -0.3 is 10.1 Å². The molecule has 1 aromatic rings. The minimum atomic E-state index is 0.225. The zero-order valence-electron chi connectivity index (χ0n) is 14.7. The molecule has 120 valence electrons. The van der Waals surface area contributed by atoms with Crippen molar-refractivity contribution in [3.63, 3.8) is 0 Å². The molecule has 2 nitrogen and oxygen atoms in total. The van der Waals surface area contributed by atoms with Crippen LogP contribution in [0.5, 0.6) is 0 Å². The van der Waals surface area contributed by atoms with Crippen LogP contribution < -0.4 is 5.32 Å². The second kappa shape index (κ2) is 8.55. The largest absolute Gasteiger partial charge is 0.382 e. The predicted molar refractivity (Wildman–Crippen MR) is 92.0 cm³/mol. The van der Waals surface area contributed by atoms with Crippen LogP contribution in [0.3, 0.4) is 0 Å². The van der Waals surface area contributed by atoms with Crippen molar-refractivity contribution in [2.45, 2.75) is 71.4 Å². The molecule has 0 radical (unpaired) electrons. The minimum Gasteiger partial charge on any atom is -0.382 e. The summed E-state index contributed by atoms with van der Waals surface area (Å²) in [6.07, 6.45) is 3.59. The van der Waals surface area contributed by atoms with Crippen LogP contribution >= 0.6 is 0 Å². The third-order valence-corrected chi connectivity index (χ3v) is 4.00. The fourth-order valence-electron chi connectivity index (χ4n) is 2.51. The fourth-order valence-corrected chi connectivity index (χ4v) is 2.51. The number of ether oxygens (including phenoxy) is 1. The molecule has 0 fully saturated rings. The SMILES string of the molecule is CCCNC(Cc1ccc(C(C)(C)C)cc1)CC(C)OC. The molecule has 0 amide bonds. The van der Waals surface area contributed by atoms with Crippen LogP contribution in [0, 0.1) is 0 Å². The Kier molecular flexibility index (Phi) is 7.41. The first-order valence-corrected chi connectivity index (χ1v) is 8.22. The van der Waals surface area contributed by atoms with Crippen LogP contribution in [-0.4, -0.2) is 25.8 Å². The lowest BCUT2D eigenvalue weighted by Crippen LogP contribution is -2.35. The number of benzene rings is 1. The van der Waals surface area contributed by atoms with Crippen molar-refractivity contribution in [3.05, 3.63) is 35.4 Å². The standard InChI is InChI=1S/C19H33NO/c1-7-12-20-18(13-15(2)21-6)14-16-8-10-17(11-9-16)19(3,4)5/h8-11,15,18,20H,7,12-14H2,1-6H3. The highest BCUT2D eigenvalue weighted by atomic mass is 16.5. The number of hydrogen-bond donors (Lipinski definition) is 1. The van der Waals surface area contributed by atoms with Crippen LogP contribution in [0.15, 0.2) is 24.3 Å². The molecule has 2 heteroatoms. The summed E-state index contributed by atoms with van der Waals surface area (Å²) in [6, 6.07) is 9.58.